The first-order valence-corrected chi connectivity index (χ1v) is 5.69. The van der Waals surface area contributed by atoms with E-state index in [1.807, 2.05) is 13.0 Å². The monoisotopic (exact) mass is 223 g/mol. The van der Waals surface area contributed by atoms with Crippen LogP contribution in [0.4, 0.5) is 0 Å². The molecule has 0 aromatic carbocycles. The first kappa shape index (κ1) is 10.3. The van der Waals surface area contributed by atoms with Crippen molar-refractivity contribution in [2.45, 2.75) is 26.3 Å². The minimum Gasteiger partial charge on any atom is -0.469 e. The Kier molecular flexibility index (Phi) is 2.83. The molecule has 0 spiro atoms. The van der Waals surface area contributed by atoms with Crippen LogP contribution in [0.5, 0.6) is 0 Å². The molecular weight excluding hydrogens is 210 g/mol. The summed E-state index contributed by atoms with van der Waals surface area (Å²) >= 11 is 1.52. The highest BCUT2D eigenvalue weighted by Gasteiger charge is 2.13. The fourth-order valence-corrected chi connectivity index (χ4v) is 2.17. The zero-order valence-corrected chi connectivity index (χ0v) is 9.54. The van der Waals surface area contributed by atoms with E-state index in [1.54, 1.807) is 6.26 Å². The van der Waals surface area contributed by atoms with E-state index < -0.39 is 0 Å². The Morgan fingerprint density at radius 1 is 1.53 bits per heavy atom. The molecule has 2 N–H and O–H groups in total. The van der Waals surface area contributed by atoms with E-state index >= 15 is 0 Å². The van der Waals surface area contributed by atoms with E-state index in [4.69, 9.17) is 10.2 Å². The van der Waals surface area contributed by atoms with Crippen LogP contribution in [0, 0.1) is 0 Å². The normalized spacial score (nSPS) is 13.0. The van der Waals surface area contributed by atoms with Gasteiger partial charge in [0.1, 0.15) is 10.8 Å². The number of hydrogen-bond acceptors (Lipinski definition) is 5. The molecule has 0 amide bonds. The van der Waals surface area contributed by atoms with Crippen molar-refractivity contribution in [3.63, 3.8) is 0 Å². The third kappa shape index (κ3) is 1.93. The fourth-order valence-electron chi connectivity index (χ4n) is 1.33. The second-order valence-electron chi connectivity index (χ2n) is 3.35. The molecule has 4 nitrogen and oxygen atoms in total. The molecule has 0 fully saturated rings. The van der Waals surface area contributed by atoms with Crippen LogP contribution in [0.1, 0.15) is 30.7 Å². The first-order valence-electron chi connectivity index (χ1n) is 4.88. The zero-order valence-electron chi connectivity index (χ0n) is 8.73. The Morgan fingerprint density at radius 2 is 2.33 bits per heavy atom. The van der Waals surface area contributed by atoms with Gasteiger partial charge in [-0.1, -0.05) is 18.3 Å². The summed E-state index contributed by atoms with van der Waals surface area (Å²) in [6, 6.07) is 1.86. The molecule has 0 radical (unpaired) electrons. The molecule has 80 valence electrons. The Hall–Kier alpha value is -1.20. The number of nitrogens with zero attached hydrogens (tertiary/aromatic N) is 2. The van der Waals surface area contributed by atoms with E-state index in [-0.39, 0.29) is 6.04 Å². The number of furan rings is 1. The van der Waals surface area contributed by atoms with Gasteiger partial charge in [-0.3, -0.25) is 0 Å². The van der Waals surface area contributed by atoms with Crippen molar-refractivity contribution in [2.24, 2.45) is 5.73 Å². The molecule has 0 bridgehead atoms. The van der Waals surface area contributed by atoms with Gasteiger partial charge in [0.05, 0.1) is 17.9 Å². The van der Waals surface area contributed by atoms with Crippen LogP contribution in [0.25, 0.3) is 10.6 Å². The second kappa shape index (κ2) is 4.12. The van der Waals surface area contributed by atoms with Crippen molar-refractivity contribution in [3.8, 4) is 10.6 Å². The molecule has 0 aliphatic heterocycles. The van der Waals surface area contributed by atoms with Gasteiger partial charge in [0, 0.05) is 6.42 Å². The molecule has 1 unspecified atom stereocenters. The molecule has 0 aliphatic rings. The van der Waals surface area contributed by atoms with Gasteiger partial charge in [-0.05, 0) is 13.0 Å². The number of rotatable bonds is 3. The summed E-state index contributed by atoms with van der Waals surface area (Å²) in [4.78, 5) is 0. The van der Waals surface area contributed by atoms with Gasteiger partial charge in [0.2, 0.25) is 0 Å². The molecule has 15 heavy (non-hydrogen) atoms. The van der Waals surface area contributed by atoms with Crippen LogP contribution in [-0.4, -0.2) is 10.2 Å². The molecule has 0 saturated heterocycles. The summed E-state index contributed by atoms with van der Waals surface area (Å²) in [5.74, 6) is 0.947. The molecule has 0 saturated carbocycles. The molecule has 2 aromatic heterocycles. The molecule has 2 heterocycles. The van der Waals surface area contributed by atoms with Gasteiger partial charge in [-0.25, -0.2) is 0 Å². The van der Waals surface area contributed by atoms with E-state index in [1.165, 1.54) is 11.3 Å². The number of aromatic nitrogens is 2. The number of hydrogen-bond donors (Lipinski definition) is 1. The van der Waals surface area contributed by atoms with Gasteiger partial charge in [0.15, 0.2) is 5.01 Å². The Morgan fingerprint density at radius 3 is 2.93 bits per heavy atom. The van der Waals surface area contributed by atoms with Crippen LogP contribution in [0.3, 0.4) is 0 Å². The molecular formula is C10H13N3OS. The molecule has 1 atom stereocenters. The summed E-state index contributed by atoms with van der Waals surface area (Å²) in [6.45, 7) is 3.95. The van der Waals surface area contributed by atoms with Crippen LogP contribution in [0.15, 0.2) is 16.7 Å². The highest BCUT2D eigenvalue weighted by molar-refractivity contribution is 7.14. The van der Waals surface area contributed by atoms with Crippen molar-refractivity contribution in [3.05, 3.63) is 23.1 Å². The average molecular weight is 223 g/mol. The third-order valence-electron chi connectivity index (χ3n) is 2.13. The topological polar surface area (TPSA) is 64.9 Å². The molecule has 2 aromatic rings. The lowest BCUT2D eigenvalue weighted by Gasteiger charge is -1.95. The predicted octanol–water partition coefficient (Wildman–Crippen LogP) is 2.38. The van der Waals surface area contributed by atoms with Gasteiger partial charge < -0.3 is 10.2 Å². The van der Waals surface area contributed by atoms with Crippen molar-refractivity contribution in [1.82, 2.24) is 10.2 Å². The number of aryl methyl sites for hydroxylation is 1. The van der Waals surface area contributed by atoms with Gasteiger partial charge in [-0.15, -0.1) is 10.2 Å². The largest absolute Gasteiger partial charge is 0.469 e. The highest BCUT2D eigenvalue weighted by Crippen LogP contribution is 2.29. The van der Waals surface area contributed by atoms with Crippen LogP contribution >= 0.6 is 11.3 Å². The summed E-state index contributed by atoms with van der Waals surface area (Å²) in [7, 11) is 0. The lowest BCUT2D eigenvalue weighted by Crippen LogP contribution is -2.03. The predicted molar refractivity (Wildman–Crippen MR) is 59.6 cm³/mol. The standard InChI is InChI=1S/C10H13N3OS/c1-3-8-7(4-5-14-8)10-13-12-9(15-10)6(2)11/h4-6H,3,11H2,1-2H3. The summed E-state index contributed by atoms with van der Waals surface area (Å²) in [5.41, 5.74) is 6.77. The van der Waals surface area contributed by atoms with Crippen molar-refractivity contribution in [1.29, 1.82) is 0 Å². The van der Waals surface area contributed by atoms with Gasteiger partial charge in [-0.2, -0.15) is 0 Å². The zero-order chi connectivity index (χ0) is 10.8. The molecule has 2 rings (SSSR count). The van der Waals surface area contributed by atoms with Crippen LogP contribution < -0.4 is 5.73 Å². The summed E-state index contributed by atoms with van der Waals surface area (Å²) in [6.07, 6.45) is 2.54. The summed E-state index contributed by atoms with van der Waals surface area (Å²) in [5, 5.41) is 9.90. The Balaban J connectivity index is 2.37. The smallest absolute Gasteiger partial charge is 0.151 e. The average Bonchev–Trinajstić information content (AvgIpc) is 2.85. The van der Waals surface area contributed by atoms with Crippen LogP contribution in [-0.2, 0) is 6.42 Å². The van der Waals surface area contributed by atoms with Crippen molar-refractivity contribution in [2.75, 3.05) is 0 Å². The molecule has 5 heteroatoms. The lowest BCUT2D eigenvalue weighted by molar-refractivity contribution is 0.517. The SMILES string of the molecule is CCc1occc1-c1nnc(C(C)N)s1. The minimum atomic E-state index is -0.0618. The van der Waals surface area contributed by atoms with E-state index in [0.717, 1.165) is 27.8 Å². The Bertz CT molecular complexity index is 447. The third-order valence-corrected chi connectivity index (χ3v) is 3.28. The Labute approximate surface area is 92.1 Å². The summed E-state index contributed by atoms with van der Waals surface area (Å²) < 4.78 is 5.35. The maximum Gasteiger partial charge on any atom is 0.151 e. The first-order chi connectivity index (χ1) is 7.22. The van der Waals surface area contributed by atoms with Crippen molar-refractivity contribution < 1.29 is 4.42 Å². The minimum absolute atomic E-state index is 0.0618. The quantitative estimate of drug-likeness (QED) is 0.867. The highest BCUT2D eigenvalue weighted by atomic mass is 32.1. The maximum atomic E-state index is 5.74. The second-order valence-corrected chi connectivity index (χ2v) is 4.35. The van der Waals surface area contributed by atoms with Gasteiger partial charge in [0.25, 0.3) is 0 Å². The van der Waals surface area contributed by atoms with Gasteiger partial charge >= 0.3 is 0 Å². The van der Waals surface area contributed by atoms with Crippen molar-refractivity contribution >= 4 is 11.3 Å². The van der Waals surface area contributed by atoms with Crippen LogP contribution in [0.2, 0.25) is 0 Å². The number of nitrogens with two attached hydrogens (primary N) is 1. The van der Waals surface area contributed by atoms with E-state index in [0.29, 0.717) is 0 Å². The van der Waals surface area contributed by atoms with E-state index in [2.05, 4.69) is 17.1 Å². The fraction of sp³-hybridized carbons (Fsp3) is 0.400. The van der Waals surface area contributed by atoms with E-state index in [9.17, 15) is 0 Å². The maximum absolute atomic E-state index is 5.74. The lowest BCUT2D eigenvalue weighted by atomic mass is 10.2. The molecule has 0 aliphatic carbocycles.